The highest BCUT2D eigenvalue weighted by Crippen LogP contribution is 2.41. The van der Waals surface area contributed by atoms with Crippen LogP contribution in [0.2, 0.25) is 15.1 Å². The van der Waals surface area contributed by atoms with Gasteiger partial charge in [0.25, 0.3) is 10.1 Å². The van der Waals surface area contributed by atoms with Gasteiger partial charge in [-0.3, -0.25) is 4.55 Å². The molecule has 30 heavy (non-hydrogen) atoms. The van der Waals surface area contributed by atoms with Crippen molar-refractivity contribution >= 4 is 62.3 Å². The van der Waals surface area contributed by atoms with Crippen LogP contribution in [-0.4, -0.2) is 19.0 Å². The standard InChI is InChI=1S/C19H13Cl3N2O5S/c20-11-6-9-16(30(26,27)28)15(10-11)29-14-8-7-13(17(21)18(14)22)24-19(25)23-12-4-2-1-3-5-12/h1-10H,(H2,23,24,25)(H,26,27,28). The molecule has 2 amide bonds. The molecule has 0 saturated carbocycles. The summed E-state index contributed by atoms with van der Waals surface area (Å²) in [5.41, 5.74) is 0.777. The van der Waals surface area contributed by atoms with Crippen molar-refractivity contribution in [1.82, 2.24) is 0 Å². The third kappa shape index (κ3) is 5.35. The molecule has 7 nitrogen and oxygen atoms in total. The number of anilines is 2. The summed E-state index contributed by atoms with van der Waals surface area (Å²) in [6.07, 6.45) is 0. The van der Waals surface area contributed by atoms with E-state index in [2.05, 4.69) is 10.6 Å². The molecular formula is C19H13Cl3N2O5S. The second-order valence-electron chi connectivity index (χ2n) is 5.85. The Hall–Kier alpha value is -2.49. The fourth-order valence-electron chi connectivity index (χ4n) is 2.41. The average Bonchev–Trinajstić information content (AvgIpc) is 2.67. The molecule has 0 aliphatic carbocycles. The number of ether oxygens (including phenoxy) is 1. The average molecular weight is 488 g/mol. The lowest BCUT2D eigenvalue weighted by Gasteiger charge is -2.14. The number of hydrogen-bond donors (Lipinski definition) is 3. The van der Waals surface area contributed by atoms with E-state index in [1.165, 1.54) is 24.3 Å². The summed E-state index contributed by atoms with van der Waals surface area (Å²) in [6.45, 7) is 0. The lowest BCUT2D eigenvalue weighted by Crippen LogP contribution is -2.19. The first-order chi connectivity index (χ1) is 14.1. The number of halogens is 3. The summed E-state index contributed by atoms with van der Waals surface area (Å²) in [7, 11) is -4.57. The van der Waals surface area contributed by atoms with Gasteiger partial charge in [-0.1, -0.05) is 53.0 Å². The number of urea groups is 1. The minimum absolute atomic E-state index is 0.0112. The van der Waals surface area contributed by atoms with Crippen molar-refractivity contribution in [2.24, 2.45) is 0 Å². The Morgan fingerprint density at radius 3 is 2.23 bits per heavy atom. The summed E-state index contributed by atoms with van der Waals surface area (Å²) >= 11 is 18.3. The molecule has 0 radical (unpaired) electrons. The van der Waals surface area contributed by atoms with E-state index in [1.807, 2.05) is 6.07 Å². The van der Waals surface area contributed by atoms with Gasteiger partial charge < -0.3 is 15.4 Å². The maximum Gasteiger partial charge on any atom is 0.323 e. The van der Waals surface area contributed by atoms with Crippen molar-refractivity contribution in [1.29, 1.82) is 0 Å². The lowest BCUT2D eigenvalue weighted by atomic mass is 10.3. The second kappa shape index (κ2) is 9.11. The highest BCUT2D eigenvalue weighted by Gasteiger charge is 2.20. The van der Waals surface area contributed by atoms with Gasteiger partial charge in [0, 0.05) is 16.8 Å². The molecule has 0 saturated heterocycles. The Labute approximate surface area is 187 Å². The highest BCUT2D eigenvalue weighted by atomic mass is 35.5. The minimum atomic E-state index is -4.57. The van der Waals surface area contributed by atoms with Gasteiger partial charge >= 0.3 is 6.03 Å². The van der Waals surface area contributed by atoms with E-state index < -0.39 is 21.0 Å². The lowest BCUT2D eigenvalue weighted by molar-refractivity contribution is 0.262. The summed E-state index contributed by atoms with van der Waals surface area (Å²) < 4.78 is 38.0. The van der Waals surface area contributed by atoms with Crippen LogP contribution in [-0.2, 0) is 10.1 Å². The molecular weight excluding hydrogens is 475 g/mol. The summed E-state index contributed by atoms with van der Waals surface area (Å²) in [5.74, 6) is -0.256. The van der Waals surface area contributed by atoms with Gasteiger partial charge in [0.15, 0.2) is 0 Å². The Balaban J connectivity index is 1.84. The fourth-order valence-corrected chi connectivity index (χ4v) is 3.57. The molecule has 3 N–H and O–H groups in total. The third-order valence-electron chi connectivity index (χ3n) is 3.73. The Bertz CT molecular complexity index is 1200. The van der Waals surface area contributed by atoms with E-state index >= 15 is 0 Å². The van der Waals surface area contributed by atoms with Gasteiger partial charge in [-0.2, -0.15) is 8.42 Å². The van der Waals surface area contributed by atoms with Crippen molar-refractivity contribution in [3.8, 4) is 11.5 Å². The molecule has 0 heterocycles. The van der Waals surface area contributed by atoms with Crippen LogP contribution in [0.25, 0.3) is 0 Å². The monoisotopic (exact) mass is 486 g/mol. The molecule has 3 aromatic carbocycles. The van der Waals surface area contributed by atoms with Crippen LogP contribution in [0.5, 0.6) is 11.5 Å². The number of carbonyl (C=O) groups excluding carboxylic acids is 1. The Kier molecular flexibility index (Phi) is 6.74. The first-order valence-corrected chi connectivity index (χ1v) is 10.8. The second-order valence-corrected chi connectivity index (χ2v) is 8.43. The van der Waals surface area contributed by atoms with Crippen molar-refractivity contribution in [2.45, 2.75) is 4.90 Å². The normalized spacial score (nSPS) is 11.1. The van der Waals surface area contributed by atoms with Gasteiger partial charge in [-0.25, -0.2) is 4.79 Å². The summed E-state index contributed by atoms with van der Waals surface area (Å²) in [5, 5.41) is 5.24. The van der Waals surface area contributed by atoms with Gasteiger partial charge in [-0.15, -0.1) is 0 Å². The number of benzene rings is 3. The fraction of sp³-hybridized carbons (Fsp3) is 0. The van der Waals surface area contributed by atoms with E-state index in [0.29, 0.717) is 5.69 Å². The van der Waals surface area contributed by atoms with Crippen LogP contribution in [0.4, 0.5) is 16.2 Å². The largest absolute Gasteiger partial charge is 0.454 e. The van der Waals surface area contributed by atoms with Crippen LogP contribution in [0.1, 0.15) is 0 Å². The minimum Gasteiger partial charge on any atom is -0.454 e. The molecule has 0 unspecified atom stereocenters. The Morgan fingerprint density at radius 1 is 0.867 bits per heavy atom. The molecule has 0 fully saturated rings. The molecule has 0 aliphatic heterocycles. The summed E-state index contributed by atoms with van der Waals surface area (Å²) in [6, 6.07) is 14.6. The summed E-state index contributed by atoms with van der Waals surface area (Å²) in [4.78, 5) is 11.7. The van der Waals surface area contributed by atoms with E-state index in [1.54, 1.807) is 24.3 Å². The molecule has 0 aliphatic rings. The zero-order valence-electron chi connectivity index (χ0n) is 14.9. The smallest absolute Gasteiger partial charge is 0.323 e. The van der Waals surface area contributed by atoms with Crippen molar-refractivity contribution in [2.75, 3.05) is 10.6 Å². The van der Waals surface area contributed by atoms with Gasteiger partial charge in [0.1, 0.15) is 21.4 Å². The van der Waals surface area contributed by atoms with Crippen LogP contribution in [0, 0.1) is 0 Å². The SMILES string of the molecule is O=C(Nc1ccccc1)Nc1ccc(Oc2cc(Cl)ccc2S(=O)(=O)O)c(Cl)c1Cl. The predicted octanol–water partition coefficient (Wildman–Crippen LogP) is 6.33. The molecule has 11 heteroatoms. The molecule has 3 aromatic rings. The van der Waals surface area contributed by atoms with E-state index in [-0.39, 0.29) is 32.3 Å². The number of hydrogen-bond acceptors (Lipinski definition) is 4. The van der Waals surface area contributed by atoms with Crippen LogP contribution >= 0.6 is 34.8 Å². The molecule has 156 valence electrons. The van der Waals surface area contributed by atoms with E-state index in [4.69, 9.17) is 39.5 Å². The predicted molar refractivity (Wildman–Crippen MR) is 117 cm³/mol. The number of para-hydroxylation sites is 1. The quantitative estimate of drug-likeness (QED) is 0.365. The van der Waals surface area contributed by atoms with Gasteiger partial charge in [-0.05, 0) is 36.4 Å². The maximum atomic E-state index is 12.1. The number of nitrogens with one attached hydrogen (secondary N) is 2. The van der Waals surface area contributed by atoms with Crippen molar-refractivity contribution in [3.63, 3.8) is 0 Å². The third-order valence-corrected chi connectivity index (χ3v) is 5.72. The van der Waals surface area contributed by atoms with E-state index in [0.717, 1.165) is 6.07 Å². The highest BCUT2D eigenvalue weighted by molar-refractivity contribution is 7.86. The number of carbonyl (C=O) groups is 1. The zero-order chi connectivity index (χ0) is 21.9. The molecule has 0 bridgehead atoms. The molecule has 0 spiro atoms. The molecule has 0 aromatic heterocycles. The zero-order valence-corrected chi connectivity index (χ0v) is 18.0. The topological polar surface area (TPSA) is 105 Å². The van der Waals surface area contributed by atoms with Crippen molar-refractivity contribution < 1.29 is 22.5 Å². The number of amides is 2. The van der Waals surface area contributed by atoms with E-state index in [9.17, 15) is 17.8 Å². The van der Waals surface area contributed by atoms with Crippen LogP contribution in [0.3, 0.4) is 0 Å². The molecule has 0 atom stereocenters. The number of rotatable bonds is 5. The Morgan fingerprint density at radius 2 is 1.57 bits per heavy atom. The van der Waals surface area contributed by atoms with Gasteiger partial charge in [0.05, 0.1) is 10.7 Å². The first-order valence-electron chi connectivity index (χ1n) is 8.21. The maximum absolute atomic E-state index is 12.1. The van der Waals surface area contributed by atoms with Crippen LogP contribution < -0.4 is 15.4 Å². The van der Waals surface area contributed by atoms with Gasteiger partial charge in [0.2, 0.25) is 0 Å². The van der Waals surface area contributed by atoms with Crippen LogP contribution in [0.15, 0.2) is 65.6 Å². The van der Waals surface area contributed by atoms with Crippen molar-refractivity contribution in [3.05, 3.63) is 75.7 Å². The molecule has 3 rings (SSSR count). The first kappa shape index (κ1) is 22.2.